The van der Waals surface area contributed by atoms with E-state index in [0.29, 0.717) is 10.9 Å². The zero-order valence-electron chi connectivity index (χ0n) is 12.1. The average molecular weight is 290 g/mol. The molecular formula is C17H20ClNO. The van der Waals surface area contributed by atoms with Gasteiger partial charge < -0.3 is 10.1 Å². The maximum Gasteiger partial charge on any atom is 0.133 e. The van der Waals surface area contributed by atoms with E-state index in [2.05, 4.69) is 31.3 Å². The second kappa shape index (κ2) is 6.78. The molecule has 0 aromatic heterocycles. The standard InChI is InChI=1S/C17H20ClNO/c1-12(2)13-5-8-16(9-6-13)20-17-10-15(18)7-4-14(17)11-19-3/h4-10,12,19H,11H2,1-3H3. The highest BCUT2D eigenvalue weighted by molar-refractivity contribution is 6.30. The smallest absolute Gasteiger partial charge is 0.133 e. The molecule has 0 bridgehead atoms. The number of hydrogen-bond acceptors (Lipinski definition) is 2. The Morgan fingerprint density at radius 3 is 2.40 bits per heavy atom. The minimum absolute atomic E-state index is 0.523. The van der Waals surface area contributed by atoms with Crippen LogP contribution in [-0.2, 0) is 6.54 Å². The quantitative estimate of drug-likeness (QED) is 0.838. The van der Waals surface area contributed by atoms with Crippen LogP contribution in [0.25, 0.3) is 0 Å². The first-order valence-electron chi connectivity index (χ1n) is 6.81. The van der Waals surface area contributed by atoms with E-state index in [0.717, 1.165) is 23.6 Å². The summed E-state index contributed by atoms with van der Waals surface area (Å²) in [5.74, 6) is 2.15. The maximum absolute atomic E-state index is 6.05. The molecule has 0 spiro atoms. The first-order valence-corrected chi connectivity index (χ1v) is 7.19. The number of nitrogens with one attached hydrogen (secondary N) is 1. The number of halogens is 1. The van der Waals surface area contributed by atoms with Gasteiger partial charge in [-0.05, 0) is 42.8 Å². The molecule has 2 aromatic carbocycles. The summed E-state index contributed by atoms with van der Waals surface area (Å²) in [6, 6.07) is 13.9. The van der Waals surface area contributed by atoms with Crippen molar-refractivity contribution in [3.05, 3.63) is 58.6 Å². The van der Waals surface area contributed by atoms with Crippen LogP contribution in [0.4, 0.5) is 0 Å². The lowest BCUT2D eigenvalue weighted by atomic mass is 10.0. The minimum Gasteiger partial charge on any atom is -0.457 e. The average Bonchev–Trinajstić information content (AvgIpc) is 2.42. The van der Waals surface area contributed by atoms with E-state index in [1.807, 2.05) is 37.4 Å². The fraction of sp³-hybridized carbons (Fsp3) is 0.294. The summed E-state index contributed by atoms with van der Waals surface area (Å²) in [6.45, 7) is 5.10. The summed E-state index contributed by atoms with van der Waals surface area (Å²) in [5, 5.41) is 3.81. The second-order valence-electron chi connectivity index (χ2n) is 5.11. The number of rotatable bonds is 5. The van der Waals surface area contributed by atoms with Gasteiger partial charge in [0.2, 0.25) is 0 Å². The second-order valence-corrected chi connectivity index (χ2v) is 5.54. The summed E-state index contributed by atoms with van der Waals surface area (Å²) >= 11 is 6.05. The molecule has 0 fully saturated rings. The molecular weight excluding hydrogens is 270 g/mol. The van der Waals surface area contributed by atoms with Crippen LogP contribution in [0, 0.1) is 0 Å². The molecule has 0 amide bonds. The maximum atomic E-state index is 6.05. The van der Waals surface area contributed by atoms with Crippen molar-refractivity contribution in [2.24, 2.45) is 0 Å². The highest BCUT2D eigenvalue weighted by Gasteiger charge is 2.06. The Morgan fingerprint density at radius 1 is 1.10 bits per heavy atom. The van der Waals surface area contributed by atoms with Gasteiger partial charge in [0.1, 0.15) is 11.5 Å². The number of ether oxygens (including phenoxy) is 1. The van der Waals surface area contributed by atoms with Crippen molar-refractivity contribution in [2.45, 2.75) is 26.3 Å². The Labute approximate surface area is 125 Å². The van der Waals surface area contributed by atoms with Gasteiger partial charge in [0.15, 0.2) is 0 Å². The van der Waals surface area contributed by atoms with Crippen molar-refractivity contribution in [2.75, 3.05) is 7.05 Å². The van der Waals surface area contributed by atoms with Gasteiger partial charge in [0.25, 0.3) is 0 Å². The summed E-state index contributed by atoms with van der Waals surface area (Å²) in [5.41, 5.74) is 2.39. The van der Waals surface area contributed by atoms with E-state index in [1.165, 1.54) is 5.56 Å². The Kier molecular flexibility index (Phi) is 5.05. The van der Waals surface area contributed by atoms with Gasteiger partial charge in [-0.2, -0.15) is 0 Å². The summed E-state index contributed by atoms with van der Waals surface area (Å²) in [6.07, 6.45) is 0. The van der Waals surface area contributed by atoms with Gasteiger partial charge in [-0.15, -0.1) is 0 Å². The third-order valence-corrected chi connectivity index (χ3v) is 3.41. The molecule has 0 aliphatic carbocycles. The van der Waals surface area contributed by atoms with Gasteiger partial charge in [-0.1, -0.05) is 43.6 Å². The van der Waals surface area contributed by atoms with E-state index in [4.69, 9.17) is 16.3 Å². The van der Waals surface area contributed by atoms with Crippen LogP contribution in [0.5, 0.6) is 11.5 Å². The number of hydrogen-bond donors (Lipinski definition) is 1. The molecule has 0 aliphatic rings. The fourth-order valence-corrected chi connectivity index (χ4v) is 2.17. The molecule has 2 rings (SSSR count). The van der Waals surface area contributed by atoms with Gasteiger partial charge in [-0.3, -0.25) is 0 Å². The SMILES string of the molecule is CNCc1ccc(Cl)cc1Oc1ccc(C(C)C)cc1. The Bertz CT molecular complexity index is 564. The van der Waals surface area contributed by atoms with E-state index < -0.39 is 0 Å². The Balaban J connectivity index is 2.22. The zero-order chi connectivity index (χ0) is 14.5. The van der Waals surface area contributed by atoms with Crippen LogP contribution in [0.2, 0.25) is 5.02 Å². The molecule has 2 nitrogen and oxygen atoms in total. The van der Waals surface area contributed by atoms with E-state index in [-0.39, 0.29) is 0 Å². The van der Waals surface area contributed by atoms with Crippen LogP contribution in [0.1, 0.15) is 30.9 Å². The zero-order valence-corrected chi connectivity index (χ0v) is 12.9. The summed E-state index contributed by atoms with van der Waals surface area (Å²) in [7, 11) is 1.91. The Hall–Kier alpha value is -1.51. The van der Waals surface area contributed by atoms with Crippen LogP contribution < -0.4 is 10.1 Å². The molecule has 0 aliphatic heterocycles. The molecule has 0 atom stereocenters. The summed E-state index contributed by atoms with van der Waals surface area (Å²) in [4.78, 5) is 0. The predicted molar refractivity (Wildman–Crippen MR) is 84.8 cm³/mol. The summed E-state index contributed by atoms with van der Waals surface area (Å²) < 4.78 is 5.95. The van der Waals surface area contributed by atoms with Crippen molar-refractivity contribution in [3.63, 3.8) is 0 Å². The predicted octanol–water partition coefficient (Wildman–Crippen LogP) is 4.98. The lowest BCUT2D eigenvalue weighted by Crippen LogP contribution is -2.06. The van der Waals surface area contributed by atoms with Gasteiger partial charge in [0.05, 0.1) is 0 Å². The normalized spacial score (nSPS) is 10.8. The van der Waals surface area contributed by atoms with Crippen molar-refractivity contribution in [1.82, 2.24) is 5.32 Å². The lowest BCUT2D eigenvalue weighted by molar-refractivity contribution is 0.474. The first-order chi connectivity index (χ1) is 9.60. The van der Waals surface area contributed by atoms with Crippen molar-refractivity contribution < 1.29 is 4.74 Å². The highest BCUT2D eigenvalue weighted by Crippen LogP contribution is 2.29. The molecule has 106 valence electrons. The van der Waals surface area contributed by atoms with Crippen molar-refractivity contribution >= 4 is 11.6 Å². The third kappa shape index (κ3) is 3.75. The molecule has 0 saturated heterocycles. The van der Waals surface area contributed by atoms with Crippen molar-refractivity contribution in [1.29, 1.82) is 0 Å². The van der Waals surface area contributed by atoms with Crippen LogP contribution in [0.3, 0.4) is 0 Å². The molecule has 0 saturated carbocycles. The highest BCUT2D eigenvalue weighted by atomic mass is 35.5. The van der Waals surface area contributed by atoms with E-state index in [1.54, 1.807) is 0 Å². The molecule has 20 heavy (non-hydrogen) atoms. The third-order valence-electron chi connectivity index (χ3n) is 3.17. The van der Waals surface area contributed by atoms with E-state index >= 15 is 0 Å². The minimum atomic E-state index is 0.523. The molecule has 3 heteroatoms. The van der Waals surface area contributed by atoms with Crippen LogP contribution in [0.15, 0.2) is 42.5 Å². The molecule has 0 heterocycles. The fourth-order valence-electron chi connectivity index (χ4n) is 2.01. The molecule has 1 N–H and O–H groups in total. The van der Waals surface area contributed by atoms with Gasteiger partial charge >= 0.3 is 0 Å². The van der Waals surface area contributed by atoms with E-state index in [9.17, 15) is 0 Å². The van der Waals surface area contributed by atoms with Crippen molar-refractivity contribution in [3.8, 4) is 11.5 Å². The molecule has 2 aromatic rings. The van der Waals surface area contributed by atoms with Gasteiger partial charge in [0, 0.05) is 17.1 Å². The first kappa shape index (κ1) is 14.9. The molecule has 0 unspecified atom stereocenters. The van der Waals surface area contributed by atoms with Crippen LogP contribution >= 0.6 is 11.6 Å². The van der Waals surface area contributed by atoms with Gasteiger partial charge in [-0.25, -0.2) is 0 Å². The number of benzene rings is 2. The topological polar surface area (TPSA) is 21.3 Å². The monoisotopic (exact) mass is 289 g/mol. The molecule has 0 radical (unpaired) electrons. The Morgan fingerprint density at radius 2 is 1.80 bits per heavy atom. The van der Waals surface area contributed by atoms with Crippen LogP contribution in [-0.4, -0.2) is 7.05 Å². The lowest BCUT2D eigenvalue weighted by Gasteiger charge is -2.12. The largest absolute Gasteiger partial charge is 0.457 e.